The molecule has 2 heteroatoms. The largest absolute Gasteiger partial charge is 0.314 e. The molecule has 1 fully saturated rings. The van der Waals surface area contributed by atoms with Gasteiger partial charge in [0.15, 0.2) is 0 Å². The van der Waals surface area contributed by atoms with Gasteiger partial charge < -0.3 is 5.32 Å². The van der Waals surface area contributed by atoms with E-state index < -0.39 is 0 Å². The summed E-state index contributed by atoms with van der Waals surface area (Å²) < 4.78 is 0. The van der Waals surface area contributed by atoms with Gasteiger partial charge >= 0.3 is 0 Å². The second-order valence-corrected chi connectivity index (χ2v) is 7.88. The highest BCUT2D eigenvalue weighted by Gasteiger charge is 2.23. The van der Waals surface area contributed by atoms with E-state index in [2.05, 4.69) is 49.2 Å². The first-order valence-electron chi connectivity index (χ1n) is 8.60. The van der Waals surface area contributed by atoms with Crippen LogP contribution in [-0.4, -0.2) is 24.0 Å². The van der Waals surface area contributed by atoms with Crippen molar-refractivity contribution in [1.82, 2.24) is 10.2 Å². The number of hydrogen-bond donors (Lipinski definition) is 1. The van der Waals surface area contributed by atoms with Gasteiger partial charge in [-0.15, -0.1) is 0 Å². The Morgan fingerprint density at radius 1 is 1.14 bits per heavy atom. The molecule has 0 aliphatic carbocycles. The quantitative estimate of drug-likeness (QED) is 0.908. The molecule has 1 N–H and O–H groups in total. The van der Waals surface area contributed by atoms with E-state index in [1.807, 2.05) is 0 Å². The zero-order valence-corrected chi connectivity index (χ0v) is 13.9. The van der Waals surface area contributed by atoms with E-state index in [9.17, 15) is 0 Å². The molecular formula is C19H30N2. The van der Waals surface area contributed by atoms with Crippen molar-refractivity contribution in [2.24, 2.45) is 0 Å². The standard InChI is InChI=1S/C19H30N2/c1-19(2,3)17-8-7-15-13-21(14-16(15)12-17)11-9-18-6-4-5-10-20-18/h7-8,12,18,20H,4-6,9-11,13-14H2,1-3H3. The fourth-order valence-corrected chi connectivity index (χ4v) is 3.60. The minimum absolute atomic E-state index is 0.258. The van der Waals surface area contributed by atoms with E-state index in [1.54, 1.807) is 11.1 Å². The first-order valence-corrected chi connectivity index (χ1v) is 8.60. The lowest BCUT2D eigenvalue weighted by Crippen LogP contribution is -2.36. The number of hydrogen-bond acceptors (Lipinski definition) is 2. The molecule has 2 nitrogen and oxygen atoms in total. The molecule has 1 aromatic carbocycles. The minimum Gasteiger partial charge on any atom is -0.314 e. The lowest BCUT2D eigenvalue weighted by molar-refractivity contribution is 0.252. The molecule has 0 bridgehead atoms. The number of rotatable bonds is 3. The predicted octanol–water partition coefficient (Wildman–Crippen LogP) is 3.83. The molecule has 1 unspecified atom stereocenters. The molecule has 0 radical (unpaired) electrons. The summed E-state index contributed by atoms with van der Waals surface area (Å²) in [7, 11) is 0. The molecule has 0 aromatic heterocycles. The van der Waals surface area contributed by atoms with Crippen LogP contribution in [0.4, 0.5) is 0 Å². The third-order valence-electron chi connectivity index (χ3n) is 5.07. The summed E-state index contributed by atoms with van der Waals surface area (Å²) in [5.41, 5.74) is 4.82. The lowest BCUT2D eigenvalue weighted by Gasteiger charge is -2.25. The smallest absolute Gasteiger partial charge is 0.0240 e. The molecule has 1 aromatic rings. The average molecular weight is 286 g/mol. The molecule has 1 atom stereocenters. The Labute approximate surface area is 129 Å². The summed E-state index contributed by atoms with van der Waals surface area (Å²) in [6.07, 6.45) is 5.45. The van der Waals surface area contributed by atoms with Crippen LogP contribution >= 0.6 is 0 Å². The Morgan fingerprint density at radius 2 is 1.95 bits per heavy atom. The van der Waals surface area contributed by atoms with E-state index in [1.165, 1.54) is 44.3 Å². The molecule has 3 rings (SSSR count). The van der Waals surface area contributed by atoms with Gasteiger partial charge in [-0.1, -0.05) is 45.4 Å². The summed E-state index contributed by atoms with van der Waals surface area (Å²) in [6, 6.07) is 7.88. The van der Waals surface area contributed by atoms with Crippen molar-refractivity contribution in [3.8, 4) is 0 Å². The third kappa shape index (κ3) is 3.67. The first-order chi connectivity index (χ1) is 10.0. The van der Waals surface area contributed by atoms with Crippen molar-refractivity contribution < 1.29 is 0 Å². The maximum Gasteiger partial charge on any atom is 0.0240 e. The number of nitrogens with one attached hydrogen (secondary N) is 1. The minimum atomic E-state index is 0.258. The van der Waals surface area contributed by atoms with Crippen molar-refractivity contribution >= 4 is 0 Å². The summed E-state index contributed by atoms with van der Waals surface area (Å²) >= 11 is 0. The fourth-order valence-electron chi connectivity index (χ4n) is 3.60. The zero-order chi connectivity index (χ0) is 14.9. The van der Waals surface area contributed by atoms with Crippen molar-refractivity contribution in [2.45, 2.75) is 71.0 Å². The third-order valence-corrected chi connectivity index (χ3v) is 5.07. The van der Waals surface area contributed by atoms with Crippen LogP contribution in [0.25, 0.3) is 0 Å². The van der Waals surface area contributed by atoms with Gasteiger partial charge in [-0.2, -0.15) is 0 Å². The monoisotopic (exact) mass is 286 g/mol. The van der Waals surface area contributed by atoms with Crippen LogP contribution in [0.2, 0.25) is 0 Å². The lowest BCUT2D eigenvalue weighted by atomic mass is 9.85. The van der Waals surface area contributed by atoms with Crippen LogP contribution in [-0.2, 0) is 18.5 Å². The van der Waals surface area contributed by atoms with Crippen LogP contribution in [0.3, 0.4) is 0 Å². The predicted molar refractivity (Wildman–Crippen MR) is 89.5 cm³/mol. The zero-order valence-electron chi connectivity index (χ0n) is 13.9. The Hall–Kier alpha value is -0.860. The van der Waals surface area contributed by atoms with Gasteiger partial charge in [0.1, 0.15) is 0 Å². The van der Waals surface area contributed by atoms with E-state index in [0.717, 1.165) is 19.1 Å². The fraction of sp³-hybridized carbons (Fsp3) is 0.684. The maximum atomic E-state index is 3.67. The van der Waals surface area contributed by atoms with Gasteiger partial charge in [0, 0.05) is 25.7 Å². The highest BCUT2D eigenvalue weighted by Crippen LogP contribution is 2.29. The van der Waals surface area contributed by atoms with Crippen LogP contribution < -0.4 is 5.32 Å². The Morgan fingerprint density at radius 3 is 2.67 bits per heavy atom. The van der Waals surface area contributed by atoms with E-state index in [-0.39, 0.29) is 5.41 Å². The molecule has 1 saturated heterocycles. The topological polar surface area (TPSA) is 15.3 Å². The molecule has 0 saturated carbocycles. The van der Waals surface area contributed by atoms with Crippen LogP contribution in [0.1, 0.15) is 63.1 Å². The molecule has 2 aliphatic heterocycles. The van der Waals surface area contributed by atoms with Crippen LogP contribution in [0, 0.1) is 0 Å². The normalized spacial score (nSPS) is 23.3. The number of fused-ring (bicyclic) bond motifs is 1. The van der Waals surface area contributed by atoms with Crippen LogP contribution in [0.5, 0.6) is 0 Å². The average Bonchev–Trinajstić information content (AvgIpc) is 2.87. The van der Waals surface area contributed by atoms with Gasteiger partial charge in [-0.3, -0.25) is 4.90 Å². The van der Waals surface area contributed by atoms with Gasteiger partial charge in [0.2, 0.25) is 0 Å². The highest BCUT2D eigenvalue weighted by atomic mass is 15.1. The second-order valence-electron chi connectivity index (χ2n) is 7.88. The highest BCUT2D eigenvalue weighted by molar-refractivity contribution is 5.37. The van der Waals surface area contributed by atoms with Gasteiger partial charge in [-0.25, -0.2) is 0 Å². The van der Waals surface area contributed by atoms with Gasteiger partial charge in [-0.05, 0) is 47.9 Å². The van der Waals surface area contributed by atoms with E-state index in [0.29, 0.717) is 0 Å². The Balaban J connectivity index is 1.57. The molecule has 21 heavy (non-hydrogen) atoms. The number of piperidine rings is 1. The van der Waals surface area contributed by atoms with E-state index in [4.69, 9.17) is 0 Å². The summed E-state index contributed by atoms with van der Waals surface area (Å²) in [5, 5.41) is 3.67. The van der Waals surface area contributed by atoms with Gasteiger partial charge in [0.05, 0.1) is 0 Å². The van der Waals surface area contributed by atoms with Crippen molar-refractivity contribution in [2.75, 3.05) is 13.1 Å². The first kappa shape index (κ1) is 15.1. The summed E-state index contributed by atoms with van der Waals surface area (Å²) in [5.74, 6) is 0. The number of nitrogens with zero attached hydrogens (tertiary/aromatic N) is 1. The number of benzene rings is 1. The summed E-state index contributed by atoms with van der Waals surface area (Å²) in [6.45, 7) is 11.7. The Bertz CT molecular complexity index is 481. The SMILES string of the molecule is CC(C)(C)c1ccc2c(c1)CN(CCC1CCCCN1)C2. The molecular weight excluding hydrogens is 256 g/mol. The Kier molecular flexibility index (Phi) is 4.37. The molecule has 2 heterocycles. The van der Waals surface area contributed by atoms with Crippen molar-refractivity contribution in [3.05, 3.63) is 34.9 Å². The molecule has 116 valence electrons. The summed E-state index contributed by atoms with van der Waals surface area (Å²) in [4.78, 5) is 2.62. The second kappa shape index (κ2) is 6.10. The molecule has 0 amide bonds. The van der Waals surface area contributed by atoms with Crippen LogP contribution in [0.15, 0.2) is 18.2 Å². The van der Waals surface area contributed by atoms with Gasteiger partial charge in [0.25, 0.3) is 0 Å². The van der Waals surface area contributed by atoms with E-state index >= 15 is 0 Å². The van der Waals surface area contributed by atoms with Crippen molar-refractivity contribution in [3.63, 3.8) is 0 Å². The molecule has 2 aliphatic rings. The molecule has 0 spiro atoms. The maximum absolute atomic E-state index is 3.67. The van der Waals surface area contributed by atoms with Crippen molar-refractivity contribution in [1.29, 1.82) is 0 Å².